The minimum Gasteiger partial charge on any atom is -0.481 e. The Balaban J connectivity index is 2.09. The van der Waals surface area contributed by atoms with Gasteiger partial charge in [0.1, 0.15) is 0 Å². The smallest absolute Gasteiger partial charge is 0.307 e. The maximum Gasteiger partial charge on any atom is 0.307 e. The zero-order chi connectivity index (χ0) is 13.0. The first-order valence-electron chi connectivity index (χ1n) is 6.34. The van der Waals surface area contributed by atoms with Crippen LogP contribution < -0.4 is 0 Å². The van der Waals surface area contributed by atoms with Gasteiger partial charge in [0.05, 0.1) is 12.5 Å². The Labute approximate surface area is 107 Å². The van der Waals surface area contributed by atoms with E-state index in [1.165, 1.54) is 0 Å². The van der Waals surface area contributed by atoms with Crippen molar-refractivity contribution in [2.24, 2.45) is 0 Å². The van der Waals surface area contributed by atoms with Gasteiger partial charge in [-0.3, -0.25) is 4.79 Å². The second-order valence-corrected chi connectivity index (χ2v) is 4.79. The topological polar surface area (TPSA) is 57.5 Å². The Morgan fingerprint density at radius 2 is 2.00 bits per heavy atom. The van der Waals surface area contributed by atoms with Gasteiger partial charge < -0.3 is 10.2 Å². The lowest BCUT2D eigenvalue weighted by Gasteiger charge is -2.20. The zero-order valence-corrected chi connectivity index (χ0v) is 10.3. The van der Waals surface area contributed by atoms with Gasteiger partial charge >= 0.3 is 5.97 Å². The number of aliphatic hydroxyl groups excluding tert-OH is 1. The molecule has 1 aliphatic carbocycles. The molecule has 3 nitrogen and oxygen atoms in total. The molecule has 1 aliphatic rings. The number of carboxylic acid groups (broad SMARTS) is 1. The first-order valence-corrected chi connectivity index (χ1v) is 6.34. The van der Waals surface area contributed by atoms with Crippen LogP contribution >= 0.6 is 0 Å². The number of carboxylic acids is 1. The predicted octanol–water partition coefficient (Wildman–Crippen LogP) is 2.63. The second-order valence-electron chi connectivity index (χ2n) is 4.79. The predicted molar refractivity (Wildman–Crippen MR) is 70.2 cm³/mol. The highest BCUT2D eigenvalue weighted by atomic mass is 16.4. The maximum atomic E-state index is 10.6. The molecule has 1 unspecified atom stereocenters. The van der Waals surface area contributed by atoms with E-state index in [-0.39, 0.29) is 12.5 Å². The van der Waals surface area contributed by atoms with Crippen LogP contribution in [0.15, 0.2) is 29.8 Å². The first kappa shape index (κ1) is 12.8. The molecule has 2 rings (SSSR count). The van der Waals surface area contributed by atoms with Crippen LogP contribution in [0.3, 0.4) is 0 Å². The van der Waals surface area contributed by atoms with Crippen molar-refractivity contribution in [2.75, 3.05) is 0 Å². The molecule has 0 aliphatic heterocycles. The van der Waals surface area contributed by atoms with Crippen LogP contribution in [-0.2, 0) is 11.2 Å². The first-order chi connectivity index (χ1) is 8.65. The molecule has 0 radical (unpaired) electrons. The lowest BCUT2D eigenvalue weighted by atomic mass is 9.90. The van der Waals surface area contributed by atoms with Crippen molar-refractivity contribution in [3.8, 4) is 0 Å². The van der Waals surface area contributed by atoms with Crippen molar-refractivity contribution < 1.29 is 15.0 Å². The lowest BCUT2D eigenvalue weighted by Crippen LogP contribution is -2.14. The largest absolute Gasteiger partial charge is 0.481 e. The molecule has 1 fully saturated rings. The summed E-state index contributed by atoms with van der Waals surface area (Å²) in [5, 5.41) is 18.5. The number of benzene rings is 1. The maximum absolute atomic E-state index is 10.6. The number of rotatable bonds is 3. The third kappa shape index (κ3) is 3.44. The monoisotopic (exact) mass is 246 g/mol. The molecule has 18 heavy (non-hydrogen) atoms. The SMILES string of the molecule is O=C(O)Cc1ccc(C=C2CCCCC2O)cc1. The van der Waals surface area contributed by atoms with Crippen LogP contribution in [-0.4, -0.2) is 22.3 Å². The summed E-state index contributed by atoms with van der Waals surface area (Å²) >= 11 is 0. The number of carbonyl (C=O) groups is 1. The van der Waals surface area contributed by atoms with Crippen molar-refractivity contribution in [3.63, 3.8) is 0 Å². The van der Waals surface area contributed by atoms with E-state index in [1.54, 1.807) is 0 Å². The Morgan fingerprint density at radius 3 is 2.61 bits per heavy atom. The number of aliphatic carboxylic acids is 1. The molecule has 96 valence electrons. The fourth-order valence-electron chi connectivity index (χ4n) is 2.31. The van der Waals surface area contributed by atoms with Crippen LogP contribution in [0.1, 0.15) is 36.8 Å². The molecule has 3 heteroatoms. The summed E-state index contributed by atoms with van der Waals surface area (Å²) in [4.78, 5) is 10.6. The Hall–Kier alpha value is -1.61. The normalized spacial score (nSPS) is 22.1. The highest BCUT2D eigenvalue weighted by molar-refractivity contribution is 5.70. The average Bonchev–Trinajstić information content (AvgIpc) is 2.34. The quantitative estimate of drug-likeness (QED) is 0.862. The van der Waals surface area contributed by atoms with E-state index >= 15 is 0 Å². The summed E-state index contributed by atoms with van der Waals surface area (Å²) in [6, 6.07) is 7.48. The number of hydrogen-bond donors (Lipinski definition) is 2. The summed E-state index contributed by atoms with van der Waals surface area (Å²) in [5.74, 6) is -0.816. The Kier molecular flexibility index (Phi) is 4.15. The summed E-state index contributed by atoms with van der Waals surface area (Å²) in [5.41, 5.74) is 2.92. The van der Waals surface area contributed by atoms with Gasteiger partial charge in [-0.15, -0.1) is 0 Å². The molecular formula is C15H18O3. The van der Waals surface area contributed by atoms with E-state index in [1.807, 2.05) is 30.3 Å². The summed E-state index contributed by atoms with van der Waals surface area (Å²) in [6.45, 7) is 0. The molecular weight excluding hydrogens is 228 g/mol. The summed E-state index contributed by atoms with van der Waals surface area (Å²) in [7, 11) is 0. The van der Waals surface area contributed by atoms with Crippen molar-refractivity contribution in [2.45, 2.75) is 38.2 Å². The van der Waals surface area contributed by atoms with Crippen molar-refractivity contribution in [3.05, 3.63) is 41.0 Å². The van der Waals surface area contributed by atoms with E-state index in [9.17, 15) is 9.90 Å². The minimum atomic E-state index is -0.816. The highest BCUT2D eigenvalue weighted by Gasteiger charge is 2.15. The van der Waals surface area contributed by atoms with Gasteiger partial charge in [-0.05, 0) is 36.0 Å². The molecule has 1 aromatic carbocycles. The highest BCUT2D eigenvalue weighted by Crippen LogP contribution is 2.25. The van der Waals surface area contributed by atoms with Crippen LogP contribution in [0.25, 0.3) is 6.08 Å². The number of aliphatic hydroxyl groups is 1. The molecule has 2 N–H and O–H groups in total. The van der Waals surface area contributed by atoms with Crippen molar-refractivity contribution >= 4 is 12.0 Å². The molecule has 0 spiro atoms. The average molecular weight is 246 g/mol. The van der Waals surface area contributed by atoms with Crippen LogP contribution in [0.5, 0.6) is 0 Å². The van der Waals surface area contributed by atoms with Crippen LogP contribution in [0, 0.1) is 0 Å². The van der Waals surface area contributed by atoms with Crippen molar-refractivity contribution in [1.82, 2.24) is 0 Å². The minimum absolute atomic E-state index is 0.0550. The third-order valence-corrected chi connectivity index (χ3v) is 3.31. The zero-order valence-electron chi connectivity index (χ0n) is 10.3. The third-order valence-electron chi connectivity index (χ3n) is 3.31. The second kappa shape index (κ2) is 5.83. The molecule has 0 bridgehead atoms. The van der Waals surface area contributed by atoms with Crippen LogP contribution in [0.4, 0.5) is 0 Å². The van der Waals surface area contributed by atoms with E-state index < -0.39 is 5.97 Å². The van der Waals surface area contributed by atoms with Crippen molar-refractivity contribution in [1.29, 1.82) is 0 Å². The Morgan fingerprint density at radius 1 is 1.28 bits per heavy atom. The van der Waals surface area contributed by atoms with E-state index in [2.05, 4.69) is 0 Å². The fourth-order valence-corrected chi connectivity index (χ4v) is 2.31. The van der Waals surface area contributed by atoms with Crippen LogP contribution in [0.2, 0.25) is 0 Å². The Bertz CT molecular complexity index is 445. The molecule has 1 aromatic rings. The molecule has 1 atom stereocenters. The van der Waals surface area contributed by atoms with Gasteiger partial charge in [0, 0.05) is 0 Å². The van der Waals surface area contributed by atoms with Gasteiger partial charge in [-0.25, -0.2) is 0 Å². The molecule has 1 saturated carbocycles. The molecule has 0 heterocycles. The molecule has 0 saturated heterocycles. The summed E-state index contributed by atoms with van der Waals surface area (Å²) < 4.78 is 0. The van der Waals surface area contributed by atoms with Gasteiger partial charge in [0.15, 0.2) is 0 Å². The van der Waals surface area contributed by atoms with Gasteiger partial charge in [0.25, 0.3) is 0 Å². The van der Waals surface area contributed by atoms with Gasteiger partial charge in [-0.2, -0.15) is 0 Å². The van der Waals surface area contributed by atoms with E-state index in [0.717, 1.165) is 42.4 Å². The standard InChI is InChI=1S/C15H18O3/c16-14-4-2-1-3-13(14)9-11-5-7-12(8-6-11)10-15(17)18/h5-9,14,16H,1-4,10H2,(H,17,18). The van der Waals surface area contributed by atoms with E-state index in [4.69, 9.17) is 5.11 Å². The molecule has 0 amide bonds. The fraction of sp³-hybridized carbons (Fsp3) is 0.400. The molecule has 0 aromatic heterocycles. The van der Waals surface area contributed by atoms with Gasteiger partial charge in [-0.1, -0.05) is 36.8 Å². The van der Waals surface area contributed by atoms with E-state index in [0.29, 0.717) is 0 Å². The van der Waals surface area contributed by atoms with Gasteiger partial charge in [0.2, 0.25) is 0 Å². The lowest BCUT2D eigenvalue weighted by molar-refractivity contribution is -0.136. The summed E-state index contributed by atoms with van der Waals surface area (Å²) in [6.07, 6.45) is 5.81. The number of hydrogen-bond acceptors (Lipinski definition) is 2.